The first kappa shape index (κ1) is 13.9. The number of tetrazole rings is 1. The first-order valence-corrected chi connectivity index (χ1v) is 7.79. The molecule has 0 amide bonds. The summed E-state index contributed by atoms with van der Waals surface area (Å²) in [4.78, 5) is 16.7. The third kappa shape index (κ3) is 2.81. The van der Waals surface area contributed by atoms with E-state index in [9.17, 15) is 4.79 Å². The Morgan fingerprint density at radius 2 is 2.00 bits per heavy atom. The quantitative estimate of drug-likeness (QED) is 0.718. The SMILES string of the molecule is O=c1n(Cc2coc(Cc3ccccc3)n2)nnn1C1CCC1. The van der Waals surface area contributed by atoms with Gasteiger partial charge in [-0.2, -0.15) is 9.36 Å². The molecular weight excluding hydrogens is 294 g/mol. The Kier molecular flexibility index (Phi) is 3.53. The Morgan fingerprint density at radius 3 is 2.74 bits per heavy atom. The lowest BCUT2D eigenvalue weighted by atomic mass is 9.93. The maximum atomic E-state index is 12.2. The largest absolute Gasteiger partial charge is 0.448 e. The summed E-state index contributed by atoms with van der Waals surface area (Å²) in [6, 6.07) is 10.2. The van der Waals surface area contributed by atoms with Gasteiger partial charge in [0.2, 0.25) is 0 Å². The molecule has 1 fully saturated rings. The molecule has 0 bridgehead atoms. The number of benzene rings is 1. The van der Waals surface area contributed by atoms with Crippen LogP contribution in [0.2, 0.25) is 0 Å². The summed E-state index contributed by atoms with van der Waals surface area (Å²) in [6.45, 7) is 0.282. The Balaban J connectivity index is 1.47. The number of oxazole rings is 1. The van der Waals surface area contributed by atoms with Gasteiger partial charge in [0.15, 0.2) is 5.89 Å². The minimum absolute atomic E-state index is 0.178. The van der Waals surface area contributed by atoms with Crippen molar-refractivity contribution in [3.63, 3.8) is 0 Å². The second kappa shape index (κ2) is 5.83. The van der Waals surface area contributed by atoms with Gasteiger partial charge in [0.05, 0.1) is 12.6 Å². The molecule has 1 aliphatic rings. The highest BCUT2D eigenvalue weighted by Crippen LogP contribution is 2.28. The van der Waals surface area contributed by atoms with Gasteiger partial charge in [0.1, 0.15) is 12.0 Å². The first-order chi connectivity index (χ1) is 11.3. The van der Waals surface area contributed by atoms with Crippen molar-refractivity contribution in [3.05, 3.63) is 64.2 Å². The molecule has 3 aromatic rings. The van der Waals surface area contributed by atoms with Crippen molar-refractivity contribution in [2.24, 2.45) is 0 Å². The Labute approximate surface area is 132 Å². The van der Waals surface area contributed by atoms with Gasteiger partial charge in [0.25, 0.3) is 0 Å². The van der Waals surface area contributed by atoms with Gasteiger partial charge in [-0.15, -0.1) is 0 Å². The molecule has 118 valence electrons. The monoisotopic (exact) mass is 311 g/mol. The molecule has 0 atom stereocenters. The summed E-state index contributed by atoms with van der Waals surface area (Å²) >= 11 is 0. The van der Waals surface area contributed by atoms with Crippen LogP contribution in [0.5, 0.6) is 0 Å². The molecule has 4 rings (SSSR count). The summed E-state index contributed by atoms with van der Waals surface area (Å²) in [7, 11) is 0. The minimum Gasteiger partial charge on any atom is -0.448 e. The molecule has 2 heterocycles. The fourth-order valence-electron chi connectivity index (χ4n) is 2.67. The highest BCUT2D eigenvalue weighted by atomic mass is 16.3. The van der Waals surface area contributed by atoms with E-state index in [0.29, 0.717) is 18.0 Å². The number of hydrogen-bond donors (Lipinski definition) is 0. The van der Waals surface area contributed by atoms with Gasteiger partial charge in [-0.3, -0.25) is 0 Å². The Bertz CT molecular complexity index is 845. The predicted octanol–water partition coefficient (Wildman–Crippen LogP) is 1.79. The van der Waals surface area contributed by atoms with Crippen LogP contribution in [0.1, 0.15) is 42.5 Å². The molecule has 23 heavy (non-hydrogen) atoms. The predicted molar refractivity (Wildman–Crippen MR) is 82.0 cm³/mol. The molecule has 0 N–H and O–H groups in total. The van der Waals surface area contributed by atoms with Crippen LogP contribution in [0.15, 0.2) is 45.8 Å². The lowest BCUT2D eigenvalue weighted by molar-refractivity contribution is 0.277. The van der Waals surface area contributed by atoms with Crippen LogP contribution in [0.25, 0.3) is 0 Å². The number of hydrogen-bond acceptors (Lipinski definition) is 5. The van der Waals surface area contributed by atoms with E-state index in [2.05, 4.69) is 15.4 Å². The normalized spacial score (nSPS) is 14.8. The highest BCUT2D eigenvalue weighted by molar-refractivity contribution is 5.18. The third-order valence-electron chi connectivity index (χ3n) is 4.19. The highest BCUT2D eigenvalue weighted by Gasteiger charge is 2.24. The van der Waals surface area contributed by atoms with Crippen molar-refractivity contribution in [1.29, 1.82) is 0 Å². The van der Waals surface area contributed by atoms with E-state index < -0.39 is 0 Å². The van der Waals surface area contributed by atoms with Crippen LogP contribution in [-0.2, 0) is 13.0 Å². The molecule has 0 spiro atoms. The van der Waals surface area contributed by atoms with Crippen LogP contribution in [0.3, 0.4) is 0 Å². The van der Waals surface area contributed by atoms with Crippen molar-refractivity contribution >= 4 is 0 Å². The summed E-state index contributed by atoms with van der Waals surface area (Å²) in [5.41, 5.74) is 1.63. The van der Waals surface area contributed by atoms with Gasteiger partial charge in [-0.25, -0.2) is 9.78 Å². The molecule has 1 aliphatic carbocycles. The average Bonchev–Trinajstić information content (AvgIpc) is 3.09. The van der Waals surface area contributed by atoms with Crippen molar-refractivity contribution in [3.8, 4) is 0 Å². The number of nitrogens with zero attached hydrogens (tertiary/aromatic N) is 5. The van der Waals surface area contributed by atoms with Crippen molar-refractivity contribution in [1.82, 2.24) is 24.8 Å². The van der Waals surface area contributed by atoms with Crippen LogP contribution in [-0.4, -0.2) is 24.8 Å². The molecule has 0 saturated heterocycles. The van der Waals surface area contributed by atoms with Crippen molar-refractivity contribution in [2.75, 3.05) is 0 Å². The van der Waals surface area contributed by atoms with E-state index >= 15 is 0 Å². The fraction of sp³-hybridized carbons (Fsp3) is 0.375. The average molecular weight is 311 g/mol. The van der Waals surface area contributed by atoms with Crippen molar-refractivity contribution < 1.29 is 4.42 Å². The van der Waals surface area contributed by atoms with Gasteiger partial charge in [-0.05, 0) is 35.3 Å². The van der Waals surface area contributed by atoms with E-state index in [0.717, 1.165) is 24.8 Å². The summed E-state index contributed by atoms with van der Waals surface area (Å²) < 4.78 is 8.30. The zero-order valence-corrected chi connectivity index (χ0v) is 12.6. The molecule has 0 aliphatic heterocycles. The Morgan fingerprint density at radius 1 is 1.17 bits per heavy atom. The number of rotatable bonds is 5. The maximum absolute atomic E-state index is 12.2. The molecule has 1 aromatic carbocycles. The zero-order valence-electron chi connectivity index (χ0n) is 12.6. The maximum Gasteiger partial charge on any atom is 0.364 e. The van der Waals surface area contributed by atoms with Gasteiger partial charge >= 0.3 is 5.69 Å². The molecule has 2 aromatic heterocycles. The van der Waals surface area contributed by atoms with Gasteiger partial charge in [-0.1, -0.05) is 30.3 Å². The smallest absolute Gasteiger partial charge is 0.364 e. The van der Waals surface area contributed by atoms with Crippen LogP contribution in [0, 0.1) is 0 Å². The third-order valence-corrected chi connectivity index (χ3v) is 4.19. The van der Waals surface area contributed by atoms with Gasteiger partial charge in [0, 0.05) is 6.42 Å². The fourth-order valence-corrected chi connectivity index (χ4v) is 2.67. The Hall–Kier alpha value is -2.70. The molecule has 0 unspecified atom stereocenters. The molecule has 7 heteroatoms. The minimum atomic E-state index is -0.178. The topological polar surface area (TPSA) is 78.7 Å². The van der Waals surface area contributed by atoms with Crippen molar-refractivity contribution in [2.45, 2.75) is 38.3 Å². The molecule has 1 saturated carbocycles. The van der Waals surface area contributed by atoms with Crippen LogP contribution < -0.4 is 5.69 Å². The van der Waals surface area contributed by atoms with E-state index in [-0.39, 0.29) is 18.3 Å². The summed E-state index contributed by atoms with van der Waals surface area (Å²) in [5.74, 6) is 0.630. The summed E-state index contributed by atoms with van der Waals surface area (Å²) in [5, 5.41) is 7.91. The van der Waals surface area contributed by atoms with E-state index in [4.69, 9.17) is 4.42 Å². The second-order valence-corrected chi connectivity index (χ2v) is 5.84. The second-order valence-electron chi connectivity index (χ2n) is 5.84. The lowest BCUT2D eigenvalue weighted by Gasteiger charge is -2.23. The molecule has 7 nitrogen and oxygen atoms in total. The summed E-state index contributed by atoms with van der Waals surface area (Å²) in [6.07, 6.45) is 5.36. The van der Waals surface area contributed by atoms with Gasteiger partial charge < -0.3 is 4.42 Å². The molecule has 0 radical (unpaired) electrons. The van der Waals surface area contributed by atoms with Crippen LogP contribution >= 0.6 is 0 Å². The lowest BCUT2D eigenvalue weighted by Crippen LogP contribution is -2.31. The van der Waals surface area contributed by atoms with E-state index in [1.807, 2.05) is 30.3 Å². The standard InChI is InChI=1S/C16H17N5O2/c22-16-20(18-19-21(16)14-7-4-8-14)10-13-11-23-15(17-13)9-12-5-2-1-3-6-12/h1-3,5-6,11,14H,4,7-10H2. The van der Waals surface area contributed by atoms with E-state index in [1.165, 1.54) is 9.36 Å². The van der Waals surface area contributed by atoms with Crippen LogP contribution in [0.4, 0.5) is 0 Å². The zero-order chi connectivity index (χ0) is 15.6. The first-order valence-electron chi connectivity index (χ1n) is 7.79. The van der Waals surface area contributed by atoms with E-state index in [1.54, 1.807) is 6.26 Å². The molecular formula is C16H17N5O2. The number of aromatic nitrogens is 5.